The molecule has 7 nitrogen and oxygen atoms in total. The second kappa shape index (κ2) is 6.03. The lowest BCUT2D eigenvalue weighted by molar-refractivity contribution is 0.0697. The third kappa shape index (κ3) is 2.40. The second-order valence-corrected chi connectivity index (χ2v) is 6.45. The zero-order valence-electron chi connectivity index (χ0n) is 14.1. The average Bonchev–Trinajstić information content (AvgIpc) is 3.03. The molecule has 130 valence electrons. The summed E-state index contributed by atoms with van der Waals surface area (Å²) in [6.07, 6.45) is 5.08. The molecule has 3 aromatic heterocycles. The van der Waals surface area contributed by atoms with Gasteiger partial charge in [0.25, 0.3) is 0 Å². The summed E-state index contributed by atoms with van der Waals surface area (Å²) >= 11 is 0. The molecule has 5 rings (SSSR count). The lowest BCUT2D eigenvalue weighted by Gasteiger charge is -2.22. The molecule has 4 heterocycles. The monoisotopic (exact) mass is 347 g/mol. The Hall–Kier alpha value is -3.06. The Morgan fingerprint density at radius 2 is 2.00 bits per heavy atom. The van der Waals surface area contributed by atoms with Gasteiger partial charge in [-0.3, -0.25) is 14.5 Å². The molecule has 1 aliphatic heterocycles. The Labute approximate surface area is 148 Å². The summed E-state index contributed by atoms with van der Waals surface area (Å²) in [5.41, 5.74) is 3.54. The second-order valence-electron chi connectivity index (χ2n) is 6.45. The number of H-pyrrole nitrogens is 1. The first-order chi connectivity index (χ1) is 12.8. The minimum absolute atomic E-state index is 0.0868. The van der Waals surface area contributed by atoms with Gasteiger partial charge in [0.05, 0.1) is 17.4 Å². The fourth-order valence-corrected chi connectivity index (χ4v) is 3.63. The molecular weight excluding hydrogens is 330 g/mol. The SMILES string of the molecule is O=c1[nH]c2ncc(-c3cccc4ncccc34)nc2n1C1CCOCC1. The van der Waals surface area contributed by atoms with Crippen molar-refractivity contribution in [1.82, 2.24) is 24.5 Å². The fourth-order valence-electron chi connectivity index (χ4n) is 3.63. The minimum atomic E-state index is -0.163. The van der Waals surface area contributed by atoms with Crippen molar-refractivity contribution in [3.8, 4) is 11.3 Å². The van der Waals surface area contributed by atoms with E-state index in [1.54, 1.807) is 17.0 Å². The minimum Gasteiger partial charge on any atom is -0.381 e. The molecule has 1 N–H and O–H groups in total. The number of hydrogen-bond donors (Lipinski definition) is 1. The van der Waals surface area contributed by atoms with E-state index in [2.05, 4.69) is 15.0 Å². The summed E-state index contributed by atoms with van der Waals surface area (Å²) in [4.78, 5) is 28.9. The number of fused-ring (bicyclic) bond motifs is 2. The maximum absolute atomic E-state index is 12.5. The summed E-state index contributed by atoms with van der Waals surface area (Å²) in [7, 11) is 0. The van der Waals surface area contributed by atoms with E-state index < -0.39 is 0 Å². The first-order valence-corrected chi connectivity index (χ1v) is 8.70. The van der Waals surface area contributed by atoms with Crippen LogP contribution in [0.5, 0.6) is 0 Å². The highest BCUT2D eigenvalue weighted by Gasteiger charge is 2.22. The van der Waals surface area contributed by atoms with Gasteiger partial charge in [-0.2, -0.15) is 0 Å². The smallest absolute Gasteiger partial charge is 0.329 e. The molecule has 0 bridgehead atoms. The highest BCUT2D eigenvalue weighted by Crippen LogP contribution is 2.28. The maximum atomic E-state index is 12.5. The van der Waals surface area contributed by atoms with Gasteiger partial charge >= 0.3 is 5.69 Å². The quantitative estimate of drug-likeness (QED) is 0.602. The molecule has 0 spiro atoms. The average molecular weight is 347 g/mol. The molecule has 0 atom stereocenters. The summed E-state index contributed by atoms with van der Waals surface area (Å²) in [6.45, 7) is 1.32. The number of rotatable bonds is 2. The van der Waals surface area contributed by atoms with Crippen molar-refractivity contribution < 1.29 is 4.74 Å². The highest BCUT2D eigenvalue weighted by atomic mass is 16.5. The van der Waals surface area contributed by atoms with E-state index in [0.29, 0.717) is 24.5 Å². The first-order valence-electron chi connectivity index (χ1n) is 8.70. The predicted molar refractivity (Wildman–Crippen MR) is 98.0 cm³/mol. The van der Waals surface area contributed by atoms with Crippen LogP contribution in [0.15, 0.2) is 47.5 Å². The zero-order valence-corrected chi connectivity index (χ0v) is 14.1. The Bertz CT molecular complexity index is 1150. The van der Waals surface area contributed by atoms with Gasteiger partial charge in [-0.1, -0.05) is 18.2 Å². The molecule has 0 aliphatic carbocycles. The van der Waals surface area contributed by atoms with E-state index in [4.69, 9.17) is 9.72 Å². The fraction of sp³-hybridized carbons (Fsp3) is 0.263. The van der Waals surface area contributed by atoms with Crippen LogP contribution in [-0.4, -0.2) is 37.7 Å². The lowest BCUT2D eigenvalue weighted by atomic mass is 10.1. The van der Waals surface area contributed by atoms with E-state index in [1.807, 2.05) is 30.3 Å². The third-order valence-electron chi connectivity index (χ3n) is 4.90. The van der Waals surface area contributed by atoms with Gasteiger partial charge < -0.3 is 4.74 Å². The Morgan fingerprint density at radius 3 is 2.88 bits per heavy atom. The lowest BCUT2D eigenvalue weighted by Crippen LogP contribution is -2.27. The molecule has 0 amide bonds. The van der Waals surface area contributed by atoms with Crippen LogP contribution in [0.1, 0.15) is 18.9 Å². The molecule has 1 aromatic carbocycles. The van der Waals surface area contributed by atoms with Crippen molar-refractivity contribution in [3.63, 3.8) is 0 Å². The Kier molecular flexibility index (Phi) is 3.53. The van der Waals surface area contributed by atoms with Gasteiger partial charge in [0.1, 0.15) is 0 Å². The number of nitrogens with zero attached hydrogens (tertiary/aromatic N) is 4. The Morgan fingerprint density at radius 1 is 1.12 bits per heavy atom. The third-order valence-corrected chi connectivity index (χ3v) is 4.90. The molecule has 0 unspecified atom stereocenters. The van der Waals surface area contributed by atoms with Gasteiger partial charge in [0.15, 0.2) is 11.3 Å². The van der Waals surface area contributed by atoms with Gasteiger partial charge in [-0.05, 0) is 25.0 Å². The number of hydrogen-bond acceptors (Lipinski definition) is 5. The normalized spacial score (nSPS) is 15.7. The highest BCUT2D eigenvalue weighted by molar-refractivity contribution is 5.93. The molecule has 26 heavy (non-hydrogen) atoms. The predicted octanol–water partition coefficient (Wildman–Crippen LogP) is 2.69. The number of pyridine rings is 1. The largest absolute Gasteiger partial charge is 0.381 e. The number of imidazole rings is 1. The Balaban J connectivity index is 1.71. The number of aromatic nitrogens is 5. The summed E-state index contributed by atoms with van der Waals surface area (Å²) < 4.78 is 7.16. The van der Waals surface area contributed by atoms with Crippen molar-refractivity contribution in [2.45, 2.75) is 18.9 Å². The molecule has 1 saturated heterocycles. The molecule has 4 aromatic rings. The van der Waals surface area contributed by atoms with Crippen LogP contribution in [0.4, 0.5) is 0 Å². The van der Waals surface area contributed by atoms with Gasteiger partial charge in [-0.25, -0.2) is 14.8 Å². The first kappa shape index (κ1) is 15.2. The van der Waals surface area contributed by atoms with Crippen molar-refractivity contribution in [2.75, 3.05) is 13.2 Å². The van der Waals surface area contributed by atoms with Crippen molar-refractivity contribution in [2.24, 2.45) is 0 Å². The van der Waals surface area contributed by atoms with E-state index in [1.165, 1.54) is 0 Å². The van der Waals surface area contributed by atoms with Gasteiger partial charge in [0.2, 0.25) is 0 Å². The summed E-state index contributed by atoms with van der Waals surface area (Å²) in [5, 5.41) is 1.01. The van der Waals surface area contributed by atoms with Gasteiger partial charge in [0, 0.05) is 36.4 Å². The standard InChI is InChI=1S/C19H17N5O2/c25-19-23-17-18(24(19)12-6-9-26-10-7-12)22-16(11-21-17)14-3-1-5-15-13(14)4-2-8-20-15/h1-5,8,11-12H,6-7,9-10H2,(H,21,23,25). The number of aromatic amines is 1. The number of benzene rings is 1. The molecule has 1 aliphatic rings. The van der Waals surface area contributed by atoms with Crippen molar-refractivity contribution in [3.05, 3.63) is 53.2 Å². The van der Waals surface area contributed by atoms with Crippen LogP contribution in [0.2, 0.25) is 0 Å². The van der Waals surface area contributed by atoms with Crippen LogP contribution in [0.25, 0.3) is 33.5 Å². The van der Waals surface area contributed by atoms with Crippen LogP contribution in [-0.2, 0) is 4.74 Å². The molecule has 1 fully saturated rings. The van der Waals surface area contributed by atoms with Crippen LogP contribution < -0.4 is 5.69 Å². The summed E-state index contributed by atoms with van der Waals surface area (Å²) in [5.74, 6) is 0. The van der Waals surface area contributed by atoms with Crippen molar-refractivity contribution in [1.29, 1.82) is 0 Å². The van der Waals surface area contributed by atoms with Crippen LogP contribution in [0, 0.1) is 0 Å². The zero-order chi connectivity index (χ0) is 17.5. The molecule has 0 saturated carbocycles. The molecular formula is C19H17N5O2. The summed E-state index contributed by atoms with van der Waals surface area (Å²) in [6, 6.07) is 9.95. The van der Waals surface area contributed by atoms with E-state index in [-0.39, 0.29) is 11.7 Å². The van der Waals surface area contributed by atoms with Crippen LogP contribution in [0.3, 0.4) is 0 Å². The van der Waals surface area contributed by atoms with E-state index >= 15 is 0 Å². The molecule has 0 radical (unpaired) electrons. The van der Waals surface area contributed by atoms with Crippen LogP contribution >= 0.6 is 0 Å². The van der Waals surface area contributed by atoms with Crippen molar-refractivity contribution >= 4 is 22.2 Å². The van der Waals surface area contributed by atoms with E-state index in [0.717, 1.165) is 35.0 Å². The van der Waals surface area contributed by atoms with E-state index in [9.17, 15) is 4.79 Å². The molecule has 7 heteroatoms. The van der Waals surface area contributed by atoms with Gasteiger partial charge in [-0.15, -0.1) is 0 Å². The number of ether oxygens (including phenoxy) is 1. The topological polar surface area (TPSA) is 85.7 Å². The number of nitrogens with one attached hydrogen (secondary N) is 1. The maximum Gasteiger partial charge on any atom is 0.329 e.